The number of carbonyl (C=O) groups excluding carboxylic acids is 2. The SMILES string of the molecule is CC(C)=CC(=O)O[C@@H]1CC[N@+]2([O-])CC=C(COC(=O)[C@](O)(C(C)C)[C@@H](C)O)[C@H]12. The van der Waals surface area contributed by atoms with Gasteiger partial charge in [0.05, 0.1) is 19.2 Å². The average molecular weight is 397 g/mol. The van der Waals surface area contributed by atoms with Crippen LogP contribution in [0.5, 0.6) is 0 Å². The van der Waals surface area contributed by atoms with Crippen molar-refractivity contribution >= 4 is 11.9 Å². The first-order chi connectivity index (χ1) is 12.9. The fourth-order valence-electron chi connectivity index (χ4n) is 3.92. The van der Waals surface area contributed by atoms with E-state index in [0.717, 1.165) is 5.57 Å². The number of allylic oxidation sites excluding steroid dienone is 1. The number of nitrogens with zero attached hydrogens (tertiary/aromatic N) is 1. The van der Waals surface area contributed by atoms with Crippen molar-refractivity contribution in [1.29, 1.82) is 0 Å². The average Bonchev–Trinajstić information content (AvgIpc) is 3.07. The summed E-state index contributed by atoms with van der Waals surface area (Å²) in [5, 5.41) is 33.3. The fourth-order valence-corrected chi connectivity index (χ4v) is 3.92. The molecule has 8 nitrogen and oxygen atoms in total. The lowest BCUT2D eigenvalue weighted by Crippen LogP contribution is -2.53. The van der Waals surface area contributed by atoms with Gasteiger partial charge in [0.15, 0.2) is 17.7 Å². The van der Waals surface area contributed by atoms with Gasteiger partial charge in [0.25, 0.3) is 0 Å². The number of fused-ring (bicyclic) bond motifs is 1. The van der Waals surface area contributed by atoms with Gasteiger partial charge in [0, 0.05) is 18.1 Å². The summed E-state index contributed by atoms with van der Waals surface area (Å²) in [6, 6.07) is -0.624. The predicted octanol–water partition coefficient (Wildman–Crippen LogP) is 1.20. The zero-order valence-electron chi connectivity index (χ0n) is 17.2. The molecule has 0 spiro atoms. The maximum Gasteiger partial charge on any atom is 0.341 e. The predicted molar refractivity (Wildman–Crippen MR) is 102 cm³/mol. The second kappa shape index (κ2) is 8.32. The Labute approximate surface area is 165 Å². The van der Waals surface area contributed by atoms with Crippen LogP contribution in [0.25, 0.3) is 0 Å². The van der Waals surface area contributed by atoms with E-state index in [1.54, 1.807) is 33.8 Å². The molecule has 158 valence electrons. The number of rotatable bonds is 7. The van der Waals surface area contributed by atoms with Gasteiger partial charge in [-0.25, -0.2) is 9.59 Å². The lowest BCUT2D eigenvalue weighted by Gasteiger charge is -2.40. The third-order valence-corrected chi connectivity index (χ3v) is 5.58. The minimum atomic E-state index is -2.03. The highest BCUT2D eigenvalue weighted by atomic mass is 16.6. The van der Waals surface area contributed by atoms with Crippen LogP contribution in [0.1, 0.15) is 41.0 Å². The fraction of sp³-hybridized carbons (Fsp3) is 0.700. The number of hydrogen-bond acceptors (Lipinski definition) is 7. The Kier molecular flexibility index (Phi) is 6.70. The second-order valence-electron chi connectivity index (χ2n) is 8.30. The van der Waals surface area contributed by atoms with Gasteiger partial charge in [0.2, 0.25) is 0 Å². The molecule has 0 amide bonds. The molecule has 2 aliphatic heterocycles. The molecule has 2 heterocycles. The Bertz CT molecular complexity index is 670. The number of quaternary nitrogens is 1. The van der Waals surface area contributed by atoms with Crippen LogP contribution in [0.3, 0.4) is 0 Å². The molecule has 28 heavy (non-hydrogen) atoms. The molecule has 1 saturated heterocycles. The number of esters is 2. The summed E-state index contributed by atoms with van der Waals surface area (Å²) in [4.78, 5) is 24.4. The Balaban J connectivity index is 2.09. The molecule has 0 radical (unpaired) electrons. The van der Waals surface area contributed by atoms with Gasteiger partial charge in [-0.1, -0.05) is 19.4 Å². The Morgan fingerprint density at radius 2 is 2.04 bits per heavy atom. The van der Waals surface area contributed by atoms with Crippen LogP contribution in [0.4, 0.5) is 0 Å². The number of ether oxygens (including phenoxy) is 2. The molecular formula is C20H31NO7. The summed E-state index contributed by atoms with van der Waals surface area (Å²) in [6.07, 6.45) is 1.63. The third-order valence-electron chi connectivity index (χ3n) is 5.58. The molecule has 0 aliphatic carbocycles. The van der Waals surface area contributed by atoms with Crippen LogP contribution in [-0.4, -0.2) is 70.3 Å². The van der Waals surface area contributed by atoms with Crippen LogP contribution >= 0.6 is 0 Å². The van der Waals surface area contributed by atoms with Crippen molar-refractivity contribution in [2.75, 3.05) is 19.7 Å². The van der Waals surface area contributed by atoms with Crippen molar-refractivity contribution in [2.24, 2.45) is 5.92 Å². The van der Waals surface area contributed by atoms with Gasteiger partial charge in [-0.2, -0.15) is 0 Å². The van der Waals surface area contributed by atoms with Crippen LogP contribution in [0.2, 0.25) is 0 Å². The van der Waals surface area contributed by atoms with E-state index in [-0.39, 0.29) is 13.2 Å². The van der Waals surface area contributed by atoms with E-state index in [1.807, 2.05) is 0 Å². The van der Waals surface area contributed by atoms with Crippen molar-refractivity contribution in [3.63, 3.8) is 0 Å². The Morgan fingerprint density at radius 1 is 1.39 bits per heavy atom. The Hall–Kier alpha value is -1.74. The first-order valence-electron chi connectivity index (χ1n) is 9.61. The highest BCUT2D eigenvalue weighted by Gasteiger charge is 2.51. The Morgan fingerprint density at radius 3 is 2.57 bits per heavy atom. The zero-order valence-corrected chi connectivity index (χ0v) is 17.2. The maximum absolute atomic E-state index is 13.0. The number of aliphatic hydroxyl groups is 2. The van der Waals surface area contributed by atoms with Crippen LogP contribution in [-0.2, 0) is 19.1 Å². The van der Waals surface area contributed by atoms with Crippen LogP contribution in [0.15, 0.2) is 23.3 Å². The summed E-state index contributed by atoms with van der Waals surface area (Å²) in [5.74, 6) is -1.99. The minimum absolute atomic E-state index is 0.190. The van der Waals surface area contributed by atoms with E-state index in [4.69, 9.17) is 9.47 Å². The molecule has 2 aliphatic rings. The van der Waals surface area contributed by atoms with Crippen molar-refractivity contribution in [3.05, 3.63) is 28.5 Å². The summed E-state index contributed by atoms with van der Waals surface area (Å²) >= 11 is 0. The topological polar surface area (TPSA) is 116 Å². The first kappa shape index (κ1) is 22.5. The van der Waals surface area contributed by atoms with Gasteiger partial charge in [-0.05, 0) is 32.8 Å². The molecule has 0 unspecified atom stereocenters. The lowest BCUT2D eigenvalue weighted by molar-refractivity contribution is -0.877. The van der Waals surface area contributed by atoms with Gasteiger partial charge >= 0.3 is 11.9 Å². The van der Waals surface area contributed by atoms with E-state index >= 15 is 0 Å². The first-order valence-corrected chi connectivity index (χ1v) is 9.61. The molecule has 2 rings (SSSR count). The zero-order chi connectivity index (χ0) is 21.3. The van der Waals surface area contributed by atoms with Crippen molar-refractivity contribution in [3.8, 4) is 0 Å². The summed E-state index contributed by atoms with van der Waals surface area (Å²) in [5.41, 5.74) is -0.659. The molecule has 0 aromatic rings. The largest absolute Gasteiger partial charge is 0.632 e. The van der Waals surface area contributed by atoms with Crippen LogP contribution in [0, 0.1) is 11.1 Å². The molecule has 2 N–H and O–H groups in total. The molecule has 5 atom stereocenters. The van der Waals surface area contributed by atoms with Crippen molar-refractivity contribution in [2.45, 2.75) is 64.9 Å². The summed E-state index contributed by atoms with van der Waals surface area (Å²) in [7, 11) is 0. The van der Waals surface area contributed by atoms with Crippen molar-refractivity contribution < 1.29 is 33.9 Å². The highest BCUT2D eigenvalue weighted by molar-refractivity contribution is 5.83. The molecule has 8 heteroatoms. The van der Waals surface area contributed by atoms with E-state index in [1.165, 1.54) is 13.0 Å². The second-order valence-corrected chi connectivity index (χ2v) is 8.30. The van der Waals surface area contributed by atoms with Gasteiger partial charge in [-0.3, -0.25) is 0 Å². The van der Waals surface area contributed by atoms with Crippen molar-refractivity contribution in [1.82, 2.24) is 0 Å². The maximum atomic E-state index is 13.0. The van der Waals surface area contributed by atoms with Gasteiger partial charge in [-0.15, -0.1) is 0 Å². The number of carbonyl (C=O) groups is 2. The van der Waals surface area contributed by atoms with Gasteiger partial charge in [0.1, 0.15) is 6.61 Å². The molecular weight excluding hydrogens is 366 g/mol. The molecule has 0 saturated carbocycles. The van der Waals surface area contributed by atoms with E-state index in [2.05, 4.69) is 0 Å². The monoisotopic (exact) mass is 397 g/mol. The summed E-state index contributed by atoms with van der Waals surface area (Å²) < 4.78 is 10.2. The molecule has 1 fully saturated rings. The molecule has 0 aromatic heterocycles. The smallest absolute Gasteiger partial charge is 0.341 e. The van der Waals surface area contributed by atoms with Gasteiger partial charge < -0.3 is 29.5 Å². The number of hydrogen-bond donors (Lipinski definition) is 2. The lowest BCUT2D eigenvalue weighted by atomic mass is 9.85. The standard InChI is InChI=1S/C20H31NO7/c1-12(2)10-17(23)28-16-7-9-21(26)8-6-15(18(16)21)11-27-19(24)20(25,13(3)4)14(5)22/h6,10,13-14,16,18,22,25H,7-9,11H2,1-5H3/t14-,16-,18-,20+,21-/m1/s1. The summed E-state index contributed by atoms with van der Waals surface area (Å²) in [6.45, 7) is 8.45. The molecule has 0 aromatic carbocycles. The number of hydroxylamine groups is 3. The molecule has 0 bridgehead atoms. The highest BCUT2D eigenvalue weighted by Crippen LogP contribution is 2.38. The van der Waals surface area contributed by atoms with Crippen LogP contribution < -0.4 is 0 Å². The quantitative estimate of drug-likeness (QED) is 0.218. The van der Waals surface area contributed by atoms with E-state index in [0.29, 0.717) is 18.5 Å². The van der Waals surface area contributed by atoms with E-state index in [9.17, 15) is 25.0 Å². The number of aliphatic hydroxyl groups excluding tert-OH is 1. The minimum Gasteiger partial charge on any atom is -0.632 e. The van der Waals surface area contributed by atoms with E-state index < -0.39 is 46.4 Å². The third kappa shape index (κ3) is 4.30. The normalized spacial score (nSPS) is 29.5.